The van der Waals surface area contributed by atoms with Gasteiger partial charge in [-0.25, -0.2) is 0 Å². The SMILES string of the molecule is N[C@@H](C(=O)O)C(C(=O)Cc1ccccc1)c1ccc2c(c1)OCO2. The Morgan fingerprint density at radius 1 is 1.08 bits per heavy atom. The van der Waals surface area contributed by atoms with Crippen molar-refractivity contribution in [2.24, 2.45) is 5.73 Å². The molecule has 0 spiro atoms. The highest BCUT2D eigenvalue weighted by atomic mass is 16.7. The van der Waals surface area contributed by atoms with Crippen molar-refractivity contribution in [3.8, 4) is 11.5 Å². The van der Waals surface area contributed by atoms with Gasteiger partial charge in [-0.15, -0.1) is 0 Å². The summed E-state index contributed by atoms with van der Waals surface area (Å²) in [6, 6.07) is 12.8. The number of nitrogens with two attached hydrogens (primary N) is 1. The van der Waals surface area contributed by atoms with E-state index in [0.29, 0.717) is 17.1 Å². The molecule has 2 aromatic carbocycles. The van der Waals surface area contributed by atoms with E-state index in [4.69, 9.17) is 15.2 Å². The number of carboxylic acids is 1. The van der Waals surface area contributed by atoms with Gasteiger partial charge in [0.2, 0.25) is 6.79 Å². The van der Waals surface area contributed by atoms with Crippen LogP contribution in [0.2, 0.25) is 0 Å². The van der Waals surface area contributed by atoms with Crippen LogP contribution in [0.25, 0.3) is 0 Å². The molecular formula is C18H17NO5. The normalized spacial score (nSPS) is 14.9. The molecule has 2 aromatic rings. The molecule has 1 unspecified atom stereocenters. The molecule has 0 radical (unpaired) electrons. The van der Waals surface area contributed by atoms with E-state index in [9.17, 15) is 14.7 Å². The Hall–Kier alpha value is -2.86. The first-order chi connectivity index (χ1) is 11.6. The van der Waals surface area contributed by atoms with Crippen LogP contribution < -0.4 is 15.2 Å². The number of rotatable bonds is 6. The van der Waals surface area contributed by atoms with Gasteiger partial charge in [0.05, 0.1) is 5.92 Å². The predicted octanol–water partition coefficient (Wildman–Crippen LogP) is 1.72. The predicted molar refractivity (Wildman–Crippen MR) is 86.1 cm³/mol. The topological polar surface area (TPSA) is 98.9 Å². The quantitative estimate of drug-likeness (QED) is 0.838. The third-order valence-corrected chi connectivity index (χ3v) is 3.97. The fourth-order valence-corrected chi connectivity index (χ4v) is 2.75. The molecule has 3 N–H and O–H groups in total. The second-order valence-electron chi connectivity index (χ2n) is 5.58. The van der Waals surface area contributed by atoms with Gasteiger partial charge in [0.1, 0.15) is 11.8 Å². The first-order valence-electron chi connectivity index (χ1n) is 7.51. The van der Waals surface area contributed by atoms with Crippen LogP contribution in [0.5, 0.6) is 11.5 Å². The number of ether oxygens (including phenoxy) is 2. The van der Waals surface area contributed by atoms with E-state index < -0.39 is 17.9 Å². The van der Waals surface area contributed by atoms with Crippen molar-refractivity contribution in [2.75, 3.05) is 6.79 Å². The molecular weight excluding hydrogens is 310 g/mol. The first kappa shape index (κ1) is 16.0. The lowest BCUT2D eigenvalue weighted by Gasteiger charge is -2.20. The van der Waals surface area contributed by atoms with Gasteiger partial charge in [-0.05, 0) is 23.3 Å². The summed E-state index contributed by atoms with van der Waals surface area (Å²) < 4.78 is 10.5. The Kier molecular flexibility index (Phi) is 4.48. The Labute approximate surface area is 138 Å². The molecule has 2 atom stereocenters. The molecule has 3 rings (SSSR count). The fourth-order valence-electron chi connectivity index (χ4n) is 2.75. The van der Waals surface area contributed by atoms with Crippen LogP contribution in [0.15, 0.2) is 48.5 Å². The van der Waals surface area contributed by atoms with Crippen LogP contribution >= 0.6 is 0 Å². The lowest BCUT2D eigenvalue weighted by atomic mass is 9.85. The second kappa shape index (κ2) is 6.72. The average Bonchev–Trinajstić information content (AvgIpc) is 3.03. The van der Waals surface area contributed by atoms with E-state index >= 15 is 0 Å². The van der Waals surface area contributed by atoms with E-state index in [1.165, 1.54) is 0 Å². The Morgan fingerprint density at radius 3 is 2.50 bits per heavy atom. The van der Waals surface area contributed by atoms with Crippen molar-refractivity contribution in [1.29, 1.82) is 0 Å². The molecule has 1 aliphatic heterocycles. The summed E-state index contributed by atoms with van der Waals surface area (Å²) in [6.07, 6.45) is 0.112. The average molecular weight is 327 g/mol. The van der Waals surface area contributed by atoms with Gasteiger partial charge in [-0.1, -0.05) is 36.4 Å². The molecule has 0 aromatic heterocycles. The molecule has 6 heteroatoms. The van der Waals surface area contributed by atoms with Crippen molar-refractivity contribution in [3.05, 3.63) is 59.7 Å². The second-order valence-corrected chi connectivity index (χ2v) is 5.58. The summed E-state index contributed by atoms with van der Waals surface area (Å²) in [5.41, 5.74) is 7.12. The van der Waals surface area contributed by atoms with E-state index in [0.717, 1.165) is 5.56 Å². The summed E-state index contributed by atoms with van der Waals surface area (Å²) in [5, 5.41) is 9.29. The molecule has 0 amide bonds. The van der Waals surface area contributed by atoms with E-state index in [1.54, 1.807) is 18.2 Å². The number of ketones is 1. The van der Waals surface area contributed by atoms with Crippen molar-refractivity contribution in [3.63, 3.8) is 0 Å². The molecule has 0 aliphatic carbocycles. The molecule has 0 saturated carbocycles. The van der Waals surface area contributed by atoms with Crippen LogP contribution in [0, 0.1) is 0 Å². The Bertz CT molecular complexity index is 759. The minimum absolute atomic E-state index is 0.104. The van der Waals surface area contributed by atoms with E-state index in [-0.39, 0.29) is 19.0 Å². The van der Waals surface area contributed by atoms with Crippen LogP contribution in [-0.2, 0) is 16.0 Å². The molecule has 124 valence electrons. The van der Waals surface area contributed by atoms with Crippen LogP contribution in [-0.4, -0.2) is 29.7 Å². The number of hydrogen-bond acceptors (Lipinski definition) is 5. The maximum Gasteiger partial charge on any atom is 0.321 e. The Balaban J connectivity index is 1.91. The lowest BCUT2D eigenvalue weighted by molar-refractivity contribution is -0.141. The molecule has 1 aliphatic rings. The molecule has 0 saturated heterocycles. The van der Waals surface area contributed by atoms with Gasteiger partial charge in [-0.3, -0.25) is 9.59 Å². The van der Waals surface area contributed by atoms with Gasteiger partial charge in [-0.2, -0.15) is 0 Å². The number of aliphatic carboxylic acids is 1. The molecule has 6 nitrogen and oxygen atoms in total. The molecule has 24 heavy (non-hydrogen) atoms. The number of carbonyl (C=O) groups is 2. The fraction of sp³-hybridized carbons (Fsp3) is 0.222. The highest BCUT2D eigenvalue weighted by Crippen LogP contribution is 2.35. The summed E-state index contributed by atoms with van der Waals surface area (Å²) in [4.78, 5) is 24.1. The van der Waals surface area contributed by atoms with Crippen molar-refractivity contribution < 1.29 is 24.2 Å². The zero-order valence-electron chi connectivity index (χ0n) is 12.8. The number of fused-ring (bicyclic) bond motifs is 1. The third-order valence-electron chi connectivity index (χ3n) is 3.97. The van der Waals surface area contributed by atoms with E-state index in [1.807, 2.05) is 30.3 Å². The number of carboxylic acid groups (broad SMARTS) is 1. The van der Waals surface area contributed by atoms with Crippen molar-refractivity contribution in [1.82, 2.24) is 0 Å². The number of benzene rings is 2. The van der Waals surface area contributed by atoms with Crippen molar-refractivity contribution >= 4 is 11.8 Å². The summed E-state index contributed by atoms with van der Waals surface area (Å²) >= 11 is 0. The van der Waals surface area contributed by atoms with Gasteiger partial charge in [0.25, 0.3) is 0 Å². The monoisotopic (exact) mass is 327 g/mol. The maximum atomic E-state index is 12.7. The van der Waals surface area contributed by atoms with E-state index in [2.05, 4.69) is 0 Å². The minimum atomic E-state index is -1.33. The molecule has 0 fully saturated rings. The zero-order valence-corrected chi connectivity index (χ0v) is 12.8. The lowest BCUT2D eigenvalue weighted by Crippen LogP contribution is -2.41. The highest BCUT2D eigenvalue weighted by Gasteiger charge is 2.33. The molecule has 1 heterocycles. The van der Waals surface area contributed by atoms with Gasteiger partial charge in [0.15, 0.2) is 11.5 Å². The maximum absolute atomic E-state index is 12.7. The van der Waals surface area contributed by atoms with Gasteiger partial charge >= 0.3 is 5.97 Å². The number of Topliss-reactive ketones (excluding diaryl/α,β-unsaturated/α-hetero) is 1. The van der Waals surface area contributed by atoms with Gasteiger partial charge < -0.3 is 20.3 Å². The summed E-state index contributed by atoms with van der Waals surface area (Å²) in [5.74, 6) is -1.38. The van der Waals surface area contributed by atoms with Crippen LogP contribution in [0.4, 0.5) is 0 Å². The smallest absolute Gasteiger partial charge is 0.321 e. The first-order valence-corrected chi connectivity index (χ1v) is 7.51. The standard InChI is InChI=1S/C18H17NO5/c19-17(18(21)22)16(13(20)8-11-4-2-1-3-5-11)12-6-7-14-15(9-12)24-10-23-14/h1-7,9,16-17H,8,10,19H2,(H,21,22)/t16?,17-/m1/s1. The minimum Gasteiger partial charge on any atom is -0.480 e. The number of hydrogen-bond donors (Lipinski definition) is 2. The number of carbonyl (C=O) groups excluding carboxylic acids is 1. The molecule has 0 bridgehead atoms. The van der Waals surface area contributed by atoms with Crippen molar-refractivity contribution in [2.45, 2.75) is 18.4 Å². The van der Waals surface area contributed by atoms with Gasteiger partial charge in [0, 0.05) is 6.42 Å². The zero-order chi connectivity index (χ0) is 17.1. The van der Waals surface area contributed by atoms with Crippen LogP contribution in [0.3, 0.4) is 0 Å². The Morgan fingerprint density at radius 2 is 1.79 bits per heavy atom. The summed E-state index contributed by atoms with van der Waals surface area (Å²) in [7, 11) is 0. The van der Waals surface area contributed by atoms with Crippen LogP contribution in [0.1, 0.15) is 17.0 Å². The highest BCUT2D eigenvalue weighted by molar-refractivity contribution is 5.93. The summed E-state index contributed by atoms with van der Waals surface area (Å²) in [6.45, 7) is 0.104. The largest absolute Gasteiger partial charge is 0.480 e. The third kappa shape index (κ3) is 3.23.